The van der Waals surface area contributed by atoms with Crippen LogP contribution in [-0.2, 0) is 5.41 Å². The zero-order valence-corrected chi connectivity index (χ0v) is 32.0. The zero-order chi connectivity index (χ0) is 38.2. The van der Waals surface area contributed by atoms with E-state index in [1.54, 1.807) is 0 Å². The summed E-state index contributed by atoms with van der Waals surface area (Å²) in [6, 6.07) is 64.4. The van der Waals surface area contributed by atoms with Crippen LogP contribution < -0.4 is 10.1 Å². The largest absolute Gasteiger partial charge is 0.457 e. The molecule has 58 heavy (non-hydrogen) atoms. The third-order valence-electron chi connectivity index (χ3n) is 13.0. The van der Waals surface area contributed by atoms with Crippen LogP contribution in [0.2, 0.25) is 0 Å². The van der Waals surface area contributed by atoms with E-state index in [1.165, 1.54) is 82.8 Å². The summed E-state index contributed by atoms with van der Waals surface area (Å²) in [7, 11) is 0. The van der Waals surface area contributed by atoms with Crippen molar-refractivity contribution >= 4 is 32.8 Å². The van der Waals surface area contributed by atoms with Crippen LogP contribution in [0.15, 0.2) is 199 Å². The molecule has 2 aliphatic heterocycles. The third kappa shape index (κ3) is 5.06. The lowest BCUT2D eigenvalue weighted by atomic mass is 9.64. The van der Waals surface area contributed by atoms with Crippen molar-refractivity contribution in [2.45, 2.75) is 36.9 Å². The molecule has 8 aromatic carbocycles. The summed E-state index contributed by atoms with van der Waals surface area (Å²) in [5, 5.41) is 8.97. The minimum atomic E-state index is -0.402. The SMILES string of the molecule is C1=CC2=C(CC1)C1(c3ccccc3Oc3ccc(-c4ccc(C5CC(c6ccc7c(ccc8ccccc87)c6)=NC(c6ccccc6)N5)cc4)cc31)c1ccccc12. The van der Waals surface area contributed by atoms with Crippen LogP contribution in [0, 0.1) is 0 Å². The van der Waals surface area contributed by atoms with Crippen LogP contribution in [-0.4, -0.2) is 5.71 Å². The van der Waals surface area contributed by atoms with E-state index in [4.69, 9.17) is 9.73 Å². The van der Waals surface area contributed by atoms with E-state index in [2.05, 4.69) is 193 Å². The lowest BCUT2D eigenvalue weighted by Gasteiger charge is -2.41. The van der Waals surface area contributed by atoms with Gasteiger partial charge in [0.15, 0.2) is 0 Å². The summed E-state index contributed by atoms with van der Waals surface area (Å²) in [6.07, 6.45) is 7.40. The first-order valence-electron chi connectivity index (χ1n) is 20.5. The van der Waals surface area contributed by atoms with Crippen molar-refractivity contribution < 1.29 is 4.74 Å². The van der Waals surface area contributed by atoms with Crippen molar-refractivity contribution in [3.8, 4) is 22.6 Å². The maximum absolute atomic E-state index is 6.72. The second kappa shape index (κ2) is 13.1. The lowest BCUT2D eigenvalue weighted by Crippen LogP contribution is -2.33. The molecular formula is C55H40N2O. The maximum Gasteiger partial charge on any atom is 0.132 e. The molecule has 0 fully saturated rings. The number of para-hydroxylation sites is 1. The van der Waals surface area contributed by atoms with E-state index in [9.17, 15) is 0 Å². The van der Waals surface area contributed by atoms with Gasteiger partial charge in [0.25, 0.3) is 0 Å². The molecule has 2 heterocycles. The maximum atomic E-state index is 6.72. The molecule has 0 saturated carbocycles. The molecule has 0 amide bonds. The van der Waals surface area contributed by atoms with Crippen molar-refractivity contribution in [3.63, 3.8) is 0 Å². The monoisotopic (exact) mass is 744 g/mol. The smallest absolute Gasteiger partial charge is 0.132 e. The molecule has 3 nitrogen and oxygen atoms in total. The van der Waals surface area contributed by atoms with Gasteiger partial charge in [0.1, 0.15) is 17.7 Å². The van der Waals surface area contributed by atoms with E-state index in [0.29, 0.717) is 0 Å². The molecule has 0 aromatic heterocycles. The molecule has 4 aliphatic rings. The normalized spacial score (nSPS) is 20.3. The number of allylic oxidation sites excluding steroid dienone is 4. The molecule has 0 bridgehead atoms. The second-order valence-corrected chi connectivity index (χ2v) is 16.1. The van der Waals surface area contributed by atoms with Crippen molar-refractivity contribution in [1.29, 1.82) is 0 Å². The predicted molar refractivity (Wildman–Crippen MR) is 238 cm³/mol. The third-order valence-corrected chi connectivity index (χ3v) is 13.0. The number of nitrogens with zero attached hydrogens (tertiary/aromatic N) is 1. The van der Waals surface area contributed by atoms with E-state index < -0.39 is 5.41 Å². The summed E-state index contributed by atoms with van der Waals surface area (Å²) in [5.41, 5.74) is 14.7. The molecule has 1 spiro atoms. The number of rotatable bonds is 4. The number of benzene rings is 8. The second-order valence-electron chi connectivity index (χ2n) is 16.1. The Morgan fingerprint density at radius 2 is 1.28 bits per heavy atom. The summed E-state index contributed by atoms with van der Waals surface area (Å²) in [5.74, 6) is 1.88. The number of nitrogens with one attached hydrogen (secondary N) is 1. The Labute approximate surface area is 338 Å². The Hall–Kier alpha value is -6.81. The van der Waals surface area contributed by atoms with Gasteiger partial charge in [-0.2, -0.15) is 0 Å². The molecule has 8 aromatic rings. The van der Waals surface area contributed by atoms with E-state index in [-0.39, 0.29) is 12.2 Å². The van der Waals surface area contributed by atoms with Gasteiger partial charge in [-0.05, 0) is 109 Å². The highest BCUT2D eigenvalue weighted by Crippen LogP contribution is 2.63. The van der Waals surface area contributed by atoms with E-state index in [0.717, 1.165) is 36.5 Å². The molecular weight excluding hydrogens is 705 g/mol. The van der Waals surface area contributed by atoms with Crippen LogP contribution in [0.5, 0.6) is 11.5 Å². The first kappa shape index (κ1) is 33.3. The summed E-state index contributed by atoms with van der Waals surface area (Å²) < 4.78 is 6.72. The number of fused-ring (bicyclic) bond motifs is 11. The lowest BCUT2D eigenvalue weighted by molar-refractivity contribution is 0.432. The predicted octanol–water partition coefficient (Wildman–Crippen LogP) is 13.4. The van der Waals surface area contributed by atoms with Crippen molar-refractivity contribution in [1.82, 2.24) is 5.32 Å². The Balaban J connectivity index is 0.922. The van der Waals surface area contributed by atoms with E-state index >= 15 is 0 Å². The van der Waals surface area contributed by atoms with Gasteiger partial charge in [-0.3, -0.25) is 10.3 Å². The average Bonchev–Trinajstić information content (AvgIpc) is 3.59. The Morgan fingerprint density at radius 3 is 2.19 bits per heavy atom. The van der Waals surface area contributed by atoms with Crippen molar-refractivity contribution in [3.05, 3.63) is 233 Å². The molecule has 0 saturated heterocycles. The number of aliphatic imine (C=N–C) groups is 1. The molecule has 3 atom stereocenters. The van der Waals surface area contributed by atoms with Crippen molar-refractivity contribution in [2.24, 2.45) is 4.99 Å². The number of hydrogen-bond acceptors (Lipinski definition) is 3. The fourth-order valence-corrected chi connectivity index (χ4v) is 10.4. The highest BCUT2D eigenvalue weighted by molar-refractivity contribution is 6.11. The first-order valence-corrected chi connectivity index (χ1v) is 20.5. The molecule has 3 unspecified atom stereocenters. The highest BCUT2D eigenvalue weighted by atomic mass is 16.5. The van der Waals surface area contributed by atoms with Gasteiger partial charge in [-0.25, -0.2) is 0 Å². The highest BCUT2D eigenvalue weighted by Gasteiger charge is 2.52. The van der Waals surface area contributed by atoms with Crippen LogP contribution in [0.4, 0.5) is 0 Å². The summed E-state index contributed by atoms with van der Waals surface area (Å²) in [4.78, 5) is 5.35. The Morgan fingerprint density at radius 1 is 0.552 bits per heavy atom. The average molecular weight is 745 g/mol. The zero-order valence-electron chi connectivity index (χ0n) is 32.0. The van der Waals surface area contributed by atoms with Gasteiger partial charge in [0.2, 0.25) is 0 Å². The fourth-order valence-electron chi connectivity index (χ4n) is 10.4. The minimum absolute atomic E-state index is 0.0930. The molecule has 0 radical (unpaired) electrons. The van der Waals surface area contributed by atoms with Gasteiger partial charge >= 0.3 is 0 Å². The molecule has 3 heteroatoms. The standard InChI is InChI=1S/C55H40N2O/c1-2-13-38(14-3-1)54-56-50(34-51(57-54)41-28-30-43-40(32-41)27-24-36-12-4-5-15-42(36)43)37-25-22-35(23-26-37)39-29-31-53-49(33-39)55(48-20-10-11-21-52(48)58-53)46-18-8-6-16-44(46)45-17-7-9-19-47(45)55/h1-8,10-18,20-33,50,54,56H,9,19,34H2. The molecule has 276 valence electrons. The van der Waals surface area contributed by atoms with Gasteiger partial charge < -0.3 is 4.74 Å². The Bertz CT molecular complexity index is 3050. The number of hydrogen-bond donors (Lipinski definition) is 1. The van der Waals surface area contributed by atoms with Crippen LogP contribution in [0.1, 0.15) is 70.4 Å². The first-order chi connectivity index (χ1) is 28.7. The number of ether oxygens (including phenoxy) is 1. The fraction of sp³-hybridized carbons (Fsp3) is 0.109. The molecule has 2 aliphatic carbocycles. The Kier molecular flexibility index (Phi) is 7.55. The van der Waals surface area contributed by atoms with Crippen LogP contribution in [0.25, 0.3) is 38.2 Å². The van der Waals surface area contributed by atoms with Crippen molar-refractivity contribution in [2.75, 3.05) is 0 Å². The van der Waals surface area contributed by atoms with Crippen LogP contribution in [0.3, 0.4) is 0 Å². The minimum Gasteiger partial charge on any atom is -0.457 e. The molecule has 1 N–H and O–H groups in total. The summed E-state index contributed by atoms with van der Waals surface area (Å²) >= 11 is 0. The van der Waals surface area contributed by atoms with Crippen LogP contribution >= 0.6 is 0 Å². The van der Waals surface area contributed by atoms with E-state index in [1.807, 2.05) is 0 Å². The molecule has 12 rings (SSSR count). The van der Waals surface area contributed by atoms with Gasteiger partial charge in [-0.1, -0.05) is 164 Å². The van der Waals surface area contributed by atoms with Gasteiger partial charge in [-0.15, -0.1) is 0 Å². The summed E-state index contributed by atoms with van der Waals surface area (Å²) in [6.45, 7) is 0. The van der Waals surface area contributed by atoms with Gasteiger partial charge in [0, 0.05) is 29.3 Å². The topological polar surface area (TPSA) is 33.6 Å². The quantitative estimate of drug-likeness (QED) is 0.182. The van der Waals surface area contributed by atoms with Gasteiger partial charge in [0.05, 0.1) is 5.41 Å².